The first-order valence-corrected chi connectivity index (χ1v) is 13.9. The highest BCUT2D eigenvalue weighted by molar-refractivity contribution is 9.10. The van der Waals surface area contributed by atoms with Crippen LogP contribution in [0.25, 0.3) is 0 Å². The maximum absolute atomic E-state index is 12.7. The number of rotatable bonds is 12. The first kappa shape index (κ1) is 26.2. The molecule has 3 amide bonds. The quantitative estimate of drug-likeness (QED) is 0.217. The van der Waals surface area contributed by atoms with E-state index in [1.54, 1.807) is 22.7 Å². The fourth-order valence-corrected chi connectivity index (χ4v) is 5.57. The minimum Gasteiger partial charge on any atom is -0.465 e. The van der Waals surface area contributed by atoms with Gasteiger partial charge in [-0.05, 0) is 53.4 Å². The van der Waals surface area contributed by atoms with Gasteiger partial charge in [-0.1, -0.05) is 60.0 Å². The molecule has 1 unspecified atom stereocenters. The molecule has 0 aliphatic rings. The SMILES string of the molecule is CCCC[C@@H](CC(c1cccs1)N(Cc1cccs1)C(=O)O)NC(=O)NCc1ccc(Br)cc1. The molecule has 2 atom stereocenters. The molecule has 9 heteroatoms. The van der Waals surface area contributed by atoms with Crippen LogP contribution in [-0.2, 0) is 13.1 Å². The average Bonchev–Trinajstić information content (AvgIpc) is 3.53. The third kappa shape index (κ3) is 8.14. The van der Waals surface area contributed by atoms with Crippen LogP contribution in [0.2, 0.25) is 0 Å². The minimum absolute atomic E-state index is 0.151. The van der Waals surface area contributed by atoms with E-state index in [1.165, 1.54) is 4.90 Å². The van der Waals surface area contributed by atoms with E-state index in [-0.39, 0.29) is 18.1 Å². The van der Waals surface area contributed by atoms with Crippen LogP contribution in [0.4, 0.5) is 9.59 Å². The summed E-state index contributed by atoms with van der Waals surface area (Å²) in [6.07, 6.45) is 2.30. The predicted octanol–water partition coefficient (Wildman–Crippen LogP) is 7.24. The standard InChI is InChI=1S/C25H30BrN3O3S2/c1-2-3-6-20(28-24(30)27-16-18-9-11-19(26)12-10-18)15-22(23-8-5-14-34-23)29(25(31)32)17-21-7-4-13-33-21/h4-5,7-14,20,22H,2-3,6,15-17H2,1H3,(H,31,32)(H2,27,28,30)/t20-,22?/m0/s1. The molecule has 0 saturated heterocycles. The molecule has 6 nitrogen and oxygen atoms in total. The molecular formula is C25H30BrN3O3S2. The van der Waals surface area contributed by atoms with Crippen molar-refractivity contribution in [3.05, 3.63) is 79.1 Å². The van der Waals surface area contributed by atoms with Crippen LogP contribution in [0, 0.1) is 0 Å². The molecule has 34 heavy (non-hydrogen) atoms. The van der Waals surface area contributed by atoms with Gasteiger partial charge in [0.1, 0.15) is 0 Å². The second-order valence-electron chi connectivity index (χ2n) is 8.05. The summed E-state index contributed by atoms with van der Waals surface area (Å²) in [5.74, 6) is 0. The number of halogens is 1. The fourth-order valence-electron chi connectivity index (χ4n) is 3.75. The molecule has 0 radical (unpaired) electrons. The van der Waals surface area contributed by atoms with Crippen molar-refractivity contribution in [1.29, 1.82) is 0 Å². The Bertz CT molecular complexity index is 1010. The predicted molar refractivity (Wildman–Crippen MR) is 142 cm³/mol. The molecule has 0 spiro atoms. The molecule has 1 aromatic carbocycles. The van der Waals surface area contributed by atoms with Crippen molar-refractivity contribution in [2.24, 2.45) is 0 Å². The Morgan fingerprint density at radius 1 is 1.09 bits per heavy atom. The second-order valence-corrected chi connectivity index (χ2v) is 11.0. The molecular weight excluding hydrogens is 534 g/mol. The van der Waals surface area contributed by atoms with E-state index >= 15 is 0 Å². The van der Waals surface area contributed by atoms with Crippen molar-refractivity contribution >= 4 is 50.7 Å². The van der Waals surface area contributed by atoms with Crippen LogP contribution in [0.3, 0.4) is 0 Å². The van der Waals surface area contributed by atoms with E-state index < -0.39 is 6.09 Å². The Kier molecular flexibility index (Phi) is 10.4. The van der Waals surface area contributed by atoms with Gasteiger partial charge in [-0.25, -0.2) is 9.59 Å². The van der Waals surface area contributed by atoms with Gasteiger partial charge in [0.15, 0.2) is 0 Å². The van der Waals surface area contributed by atoms with Crippen LogP contribution >= 0.6 is 38.6 Å². The number of thiophene rings is 2. The highest BCUT2D eigenvalue weighted by atomic mass is 79.9. The van der Waals surface area contributed by atoms with E-state index in [4.69, 9.17) is 0 Å². The summed E-state index contributed by atoms with van der Waals surface area (Å²) in [4.78, 5) is 28.5. The third-order valence-electron chi connectivity index (χ3n) is 5.52. The molecule has 3 aromatic rings. The van der Waals surface area contributed by atoms with Gasteiger partial charge in [0.2, 0.25) is 0 Å². The number of nitrogens with zero attached hydrogens (tertiary/aromatic N) is 1. The van der Waals surface area contributed by atoms with Crippen molar-refractivity contribution in [2.75, 3.05) is 0 Å². The fraction of sp³-hybridized carbons (Fsp3) is 0.360. The number of urea groups is 1. The van der Waals surface area contributed by atoms with Crippen molar-refractivity contribution in [1.82, 2.24) is 15.5 Å². The molecule has 0 fully saturated rings. The number of hydrogen-bond donors (Lipinski definition) is 3. The Morgan fingerprint density at radius 2 is 1.82 bits per heavy atom. The number of hydrogen-bond acceptors (Lipinski definition) is 4. The van der Waals surface area contributed by atoms with Crippen molar-refractivity contribution < 1.29 is 14.7 Å². The van der Waals surface area contributed by atoms with E-state index in [0.29, 0.717) is 19.5 Å². The zero-order chi connectivity index (χ0) is 24.3. The average molecular weight is 565 g/mol. The molecule has 2 heterocycles. The summed E-state index contributed by atoms with van der Waals surface area (Å²) in [6, 6.07) is 14.9. The number of unbranched alkanes of at least 4 members (excludes halogenated alkanes) is 1. The zero-order valence-electron chi connectivity index (χ0n) is 19.1. The van der Waals surface area contributed by atoms with Gasteiger partial charge in [-0.3, -0.25) is 4.90 Å². The summed E-state index contributed by atoms with van der Waals surface area (Å²) in [7, 11) is 0. The lowest BCUT2D eigenvalue weighted by molar-refractivity contribution is 0.114. The van der Waals surface area contributed by atoms with Gasteiger partial charge in [0.05, 0.1) is 12.6 Å². The van der Waals surface area contributed by atoms with Gasteiger partial charge in [-0.15, -0.1) is 22.7 Å². The number of carbonyl (C=O) groups is 2. The van der Waals surface area contributed by atoms with Crippen molar-refractivity contribution in [3.8, 4) is 0 Å². The number of carbonyl (C=O) groups excluding carboxylic acids is 1. The largest absolute Gasteiger partial charge is 0.465 e. The Balaban J connectivity index is 1.72. The summed E-state index contributed by atoms with van der Waals surface area (Å²) in [6.45, 7) is 2.86. The lowest BCUT2D eigenvalue weighted by Crippen LogP contribution is -2.44. The highest BCUT2D eigenvalue weighted by Crippen LogP contribution is 2.32. The summed E-state index contributed by atoms with van der Waals surface area (Å²) in [5, 5.41) is 20.0. The highest BCUT2D eigenvalue weighted by Gasteiger charge is 2.29. The van der Waals surface area contributed by atoms with Crippen molar-refractivity contribution in [3.63, 3.8) is 0 Å². The van der Waals surface area contributed by atoms with Gasteiger partial charge >= 0.3 is 12.1 Å². The molecule has 182 valence electrons. The number of benzene rings is 1. The van der Waals surface area contributed by atoms with E-state index in [9.17, 15) is 14.7 Å². The van der Waals surface area contributed by atoms with Crippen LogP contribution in [0.15, 0.2) is 63.8 Å². The molecule has 3 N–H and O–H groups in total. The lowest BCUT2D eigenvalue weighted by atomic mass is 9.99. The summed E-state index contributed by atoms with van der Waals surface area (Å²) < 4.78 is 0.991. The smallest absolute Gasteiger partial charge is 0.408 e. The molecule has 0 aliphatic heterocycles. The Hall–Kier alpha value is -2.36. The monoisotopic (exact) mass is 563 g/mol. The maximum atomic E-state index is 12.7. The number of nitrogens with one attached hydrogen (secondary N) is 2. The second kappa shape index (κ2) is 13.5. The van der Waals surface area contributed by atoms with Gasteiger partial charge in [-0.2, -0.15) is 0 Å². The molecule has 2 aromatic heterocycles. The normalized spacial score (nSPS) is 12.6. The zero-order valence-corrected chi connectivity index (χ0v) is 22.3. The van der Waals surface area contributed by atoms with Gasteiger partial charge < -0.3 is 15.7 Å². The molecule has 3 rings (SSSR count). The maximum Gasteiger partial charge on any atom is 0.408 e. The van der Waals surface area contributed by atoms with Gasteiger partial charge in [0, 0.05) is 26.8 Å². The summed E-state index contributed by atoms with van der Waals surface area (Å²) in [5.41, 5.74) is 1.01. The lowest BCUT2D eigenvalue weighted by Gasteiger charge is -2.32. The number of amides is 3. The van der Waals surface area contributed by atoms with Crippen LogP contribution < -0.4 is 10.6 Å². The van der Waals surface area contributed by atoms with E-state index in [0.717, 1.165) is 39.1 Å². The Labute approximate surface area is 217 Å². The Morgan fingerprint density at radius 3 is 2.44 bits per heavy atom. The molecule has 0 saturated carbocycles. The van der Waals surface area contributed by atoms with Crippen LogP contribution in [-0.4, -0.2) is 28.2 Å². The van der Waals surface area contributed by atoms with E-state index in [1.807, 2.05) is 59.3 Å². The topological polar surface area (TPSA) is 81.7 Å². The van der Waals surface area contributed by atoms with Crippen molar-refractivity contribution in [2.45, 2.75) is 57.8 Å². The van der Waals surface area contributed by atoms with E-state index in [2.05, 4.69) is 33.5 Å². The van der Waals surface area contributed by atoms with Crippen LogP contribution in [0.1, 0.15) is 54.0 Å². The summed E-state index contributed by atoms with van der Waals surface area (Å²) >= 11 is 6.51. The van der Waals surface area contributed by atoms with Gasteiger partial charge in [0.25, 0.3) is 0 Å². The number of carboxylic acid groups (broad SMARTS) is 1. The first-order chi connectivity index (χ1) is 16.5. The third-order valence-corrected chi connectivity index (χ3v) is 7.88. The van der Waals surface area contributed by atoms with Crippen LogP contribution in [0.5, 0.6) is 0 Å². The molecule has 0 bridgehead atoms. The first-order valence-electron chi connectivity index (χ1n) is 11.3. The molecule has 0 aliphatic carbocycles. The minimum atomic E-state index is -0.958.